The van der Waals surface area contributed by atoms with Crippen LogP contribution in [-0.2, 0) is 0 Å². The summed E-state index contributed by atoms with van der Waals surface area (Å²) in [6.07, 6.45) is 11.5. The van der Waals surface area contributed by atoms with E-state index in [1.165, 1.54) is 71.0 Å². The number of likely N-dealkylation sites (N-methyl/N-ethyl adjacent to an activating group) is 1. The summed E-state index contributed by atoms with van der Waals surface area (Å²) in [7, 11) is 0. The highest BCUT2D eigenvalue weighted by Gasteiger charge is 2.29. The number of hydrogen-bond donors (Lipinski definition) is 1. The molecule has 0 radical (unpaired) electrons. The van der Waals surface area contributed by atoms with Gasteiger partial charge in [-0.3, -0.25) is 4.90 Å². The number of nitrogens with zero attached hydrogens (tertiary/aromatic N) is 1. The second kappa shape index (κ2) is 7.49. The van der Waals surface area contributed by atoms with Gasteiger partial charge in [-0.2, -0.15) is 0 Å². The van der Waals surface area contributed by atoms with Crippen LogP contribution >= 0.6 is 0 Å². The number of hydrogen-bond acceptors (Lipinski definition) is 2. The molecule has 1 heterocycles. The summed E-state index contributed by atoms with van der Waals surface area (Å²) in [6, 6.07) is 1.70. The van der Waals surface area contributed by atoms with Crippen LogP contribution in [0.15, 0.2) is 0 Å². The van der Waals surface area contributed by atoms with E-state index in [-0.39, 0.29) is 0 Å². The highest BCUT2D eigenvalue weighted by atomic mass is 15.2. The molecule has 0 spiro atoms. The summed E-state index contributed by atoms with van der Waals surface area (Å²) >= 11 is 0. The van der Waals surface area contributed by atoms with Gasteiger partial charge in [0, 0.05) is 18.6 Å². The molecule has 1 aliphatic heterocycles. The first kappa shape index (κ1) is 14.3. The molecule has 1 saturated carbocycles. The van der Waals surface area contributed by atoms with Crippen LogP contribution in [0.3, 0.4) is 0 Å². The van der Waals surface area contributed by atoms with Gasteiger partial charge >= 0.3 is 0 Å². The fraction of sp³-hybridized carbons (Fsp3) is 1.00. The summed E-state index contributed by atoms with van der Waals surface area (Å²) in [4.78, 5) is 2.81. The third-order valence-electron chi connectivity index (χ3n) is 5.09. The van der Waals surface area contributed by atoms with E-state index in [2.05, 4.69) is 24.1 Å². The van der Waals surface area contributed by atoms with Crippen LogP contribution in [-0.4, -0.2) is 36.6 Å². The molecule has 2 aliphatic rings. The fourth-order valence-electron chi connectivity index (χ4n) is 4.12. The molecule has 0 amide bonds. The lowest BCUT2D eigenvalue weighted by molar-refractivity contribution is 0.136. The van der Waals surface area contributed by atoms with Gasteiger partial charge in [0.05, 0.1) is 0 Å². The molecule has 1 aliphatic carbocycles. The first-order valence-corrected chi connectivity index (χ1v) is 8.31. The van der Waals surface area contributed by atoms with Crippen LogP contribution in [0.5, 0.6) is 0 Å². The van der Waals surface area contributed by atoms with Crippen molar-refractivity contribution in [2.75, 3.05) is 19.6 Å². The Morgan fingerprint density at radius 1 is 1.00 bits per heavy atom. The van der Waals surface area contributed by atoms with Gasteiger partial charge in [0.15, 0.2) is 0 Å². The second-order valence-electron chi connectivity index (χ2n) is 6.29. The van der Waals surface area contributed by atoms with Crippen molar-refractivity contribution >= 4 is 0 Å². The van der Waals surface area contributed by atoms with Gasteiger partial charge in [0.25, 0.3) is 0 Å². The molecule has 3 unspecified atom stereocenters. The SMILES string of the molecule is CCCC1CCCC(N(CC)C2CCNC2)CC1. The Hall–Kier alpha value is -0.0800. The van der Waals surface area contributed by atoms with Crippen molar-refractivity contribution in [2.45, 2.75) is 77.3 Å². The third kappa shape index (κ3) is 3.71. The lowest BCUT2D eigenvalue weighted by Gasteiger charge is -2.35. The maximum atomic E-state index is 3.53. The van der Waals surface area contributed by atoms with Crippen LogP contribution in [0.4, 0.5) is 0 Å². The Morgan fingerprint density at radius 2 is 1.89 bits per heavy atom. The Kier molecular flexibility index (Phi) is 5.97. The molecule has 1 saturated heterocycles. The summed E-state index contributed by atoms with van der Waals surface area (Å²) in [5.74, 6) is 1.03. The Labute approximate surface area is 114 Å². The monoisotopic (exact) mass is 252 g/mol. The van der Waals surface area contributed by atoms with E-state index in [1.807, 2.05) is 0 Å². The first-order valence-electron chi connectivity index (χ1n) is 8.31. The molecule has 2 rings (SSSR count). The van der Waals surface area contributed by atoms with E-state index in [9.17, 15) is 0 Å². The minimum Gasteiger partial charge on any atom is -0.315 e. The van der Waals surface area contributed by atoms with Gasteiger partial charge in [-0.25, -0.2) is 0 Å². The van der Waals surface area contributed by atoms with Crippen LogP contribution in [0.2, 0.25) is 0 Å². The maximum absolute atomic E-state index is 3.53. The largest absolute Gasteiger partial charge is 0.315 e. The maximum Gasteiger partial charge on any atom is 0.0235 e. The smallest absolute Gasteiger partial charge is 0.0235 e. The Balaban J connectivity index is 1.86. The summed E-state index contributed by atoms with van der Waals surface area (Å²) in [5, 5.41) is 3.53. The zero-order valence-electron chi connectivity index (χ0n) is 12.5. The average molecular weight is 252 g/mol. The molecule has 1 N–H and O–H groups in total. The zero-order chi connectivity index (χ0) is 12.8. The Morgan fingerprint density at radius 3 is 2.56 bits per heavy atom. The second-order valence-corrected chi connectivity index (χ2v) is 6.29. The molecular weight excluding hydrogens is 220 g/mol. The van der Waals surface area contributed by atoms with E-state index in [4.69, 9.17) is 0 Å². The van der Waals surface area contributed by atoms with Crippen molar-refractivity contribution in [1.29, 1.82) is 0 Å². The number of rotatable bonds is 5. The van der Waals surface area contributed by atoms with Crippen LogP contribution < -0.4 is 5.32 Å². The van der Waals surface area contributed by atoms with Crippen molar-refractivity contribution in [3.63, 3.8) is 0 Å². The molecule has 2 fully saturated rings. The first-order chi connectivity index (χ1) is 8.85. The quantitative estimate of drug-likeness (QED) is 0.754. The normalized spacial score (nSPS) is 33.8. The van der Waals surface area contributed by atoms with Crippen LogP contribution in [0.1, 0.15) is 65.2 Å². The van der Waals surface area contributed by atoms with Gasteiger partial charge < -0.3 is 5.32 Å². The Bertz CT molecular complexity index is 223. The minimum atomic E-state index is 0.822. The number of nitrogens with one attached hydrogen (secondary N) is 1. The highest BCUT2D eigenvalue weighted by Crippen LogP contribution is 2.30. The van der Waals surface area contributed by atoms with Gasteiger partial charge in [0.2, 0.25) is 0 Å². The molecule has 0 aromatic rings. The predicted octanol–water partition coefficient (Wildman–Crippen LogP) is 3.42. The van der Waals surface area contributed by atoms with Crippen molar-refractivity contribution in [3.8, 4) is 0 Å². The van der Waals surface area contributed by atoms with E-state index in [0.717, 1.165) is 18.0 Å². The molecule has 0 aromatic carbocycles. The highest BCUT2D eigenvalue weighted by molar-refractivity contribution is 4.86. The predicted molar refractivity (Wildman–Crippen MR) is 78.9 cm³/mol. The van der Waals surface area contributed by atoms with Crippen molar-refractivity contribution < 1.29 is 0 Å². The molecular formula is C16H32N2. The molecule has 2 nitrogen and oxygen atoms in total. The topological polar surface area (TPSA) is 15.3 Å². The molecule has 18 heavy (non-hydrogen) atoms. The summed E-state index contributed by atoms with van der Waals surface area (Å²) < 4.78 is 0. The molecule has 106 valence electrons. The lowest BCUT2D eigenvalue weighted by atomic mass is 9.95. The molecule has 0 bridgehead atoms. The third-order valence-corrected chi connectivity index (χ3v) is 5.09. The lowest BCUT2D eigenvalue weighted by Crippen LogP contribution is -2.44. The van der Waals surface area contributed by atoms with Gasteiger partial charge in [0.1, 0.15) is 0 Å². The van der Waals surface area contributed by atoms with Crippen molar-refractivity contribution in [2.24, 2.45) is 5.92 Å². The molecule has 2 heteroatoms. The van der Waals surface area contributed by atoms with E-state index in [1.54, 1.807) is 0 Å². The van der Waals surface area contributed by atoms with Gasteiger partial charge in [-0.15, -0.1) is 0 Å². The fourth-order valence-corrected chi connectivity index (χ4v) is 4.12. The van der Waals surface area contributed by atoms with Gasteiger partial charge in [-0.05, 0) is 44.7 Å². The van der Waals surface area contributed by atoms with E-state index < -0.39 is 0 Å². The van der Waals surface area contributed by atoms with E-state index in [0.29, 0.717) is 0 Å². The molecule has 3 atom stereocenters. The molecule has 0 aromatic heterocycles. The van der Waals surface area contributed by atoms with Crippen molar-refractivity contribution in [1.82, 2.24) is 10.2 Å². The summed E-state index contributed by atoms with van der Waals surface area (Å²) in [5.41, 5.74) is 0. The summed E-state index contributed by atoms with van der Waals surface area (Å²) in [6.45, 7) is 8.39. The van der Waals surface area contributed by atoms with Crippen LogP contribution in [0, 0.1) is 5.92 Å². The zero-order valence-corrected chi connectivity index (χ0v) is 12.5. The standard InChI is InChI=1S/C16H32N2/c1-3-6-14-7-5-8-15(10-9-14)18(4-2)16-11-12-17-13-16/h14-17H,3-13H2,1-2H3. The van der Waals surface area contributed by atoms with Crippen molar-refractivity contribution in [3.05, 3.63) is 0 Å². The van der Waals surface area contributed by atoms with E-state index >= 15 is 0 Å². The van der Waals surface area contributed by atoms with Crippen LogP contribution in [0.25, 0.3) is 0 Å². The van der Waals surface area contributed by atoms with Gasteiger partial charge in [-0.1, -0.05) is 39.5 Å². The average Bonchev–Trinajstić information content (AvgIpc) is 2.80. The minimum absolute atomic E-state index is 0.822.